The topological polar surface area (TPSA) is 124 Å². The van der Waals surface area contributed by atoms with Gasteiger partial charge in [-0.3, -0.25) is 9.13 Å². The predicted octanol–water partition coefficient (Wildman–Crippen LogP) is 3.29. The van der Waals surface area contributed by atoms with Crippen molar-refractivity contribution in [3.8, 4) is 0 Å². The van der Waals surface area contributed by atoms with Gasteiger partial charge < -0.3 is 4.98 Å². The summed E-state index contributed by atoms with van der Waals surface area (Å²) in [5.74, 6) is 0.327. The summed E-state index contributed by atoms with van der Waals surface area (Å²) in [6, 6.07) is 5.98. The molecule has 3 heterocycles. The third-order valence-electron chi connectivity index (χ3n) is 7.04. The van der Waals surface area contributed by atoms with E-state index in [-0.39, 0.29) is 28.1 Å². The second-order valence-corrected chi connectivity index (χ2v) is 13.7. The van der Waals surface area contributed by atoms with Crippen LogP contribution >= 0.6 is 0 Å². The number of rotatable bonds is 5. The molecule has 1 aliphatic carbocycles. The summed E-state index contributed by atoms with van der Waals surface area (Å²) >= 11 is 0. The molecule has 5 rings (SSSR count). The fourth-order valence-corrected chi connectivity index (χ4v) is 6.72. The summed E-state index contributed by atoms with van der Waals surface area (Å²) < 4.78 is 52.6. The zero-order valence-corrected chi connectivity index (χ0v) is 21.5. The summed E-state index contributed by atoms with van der Waals surface area (Å²) in [5, 5.41) is 0.845. The van der Waals surface area contributed by atoms with E-state index in [1.54, 1.807) is 17.0 Å². The number of benzene rings is 1. The Kier molecular flexibility index (Phi) is 5.67. The van der Waals surface area contributed by atoms with Crippen LogP contribution in [0.4, 0.5) is 0 Å². The van der Waals surface area contributed by atoms with Gasteiger partial charge in [0, 0.05) is 30.1 Å². The molecule has 3 aromatic heterocycles. The lowest BCUT2D eigenvalue weighted by Gasteiger charge is -2.29. The van der Waals surface area contributed by atoms with Gasteiger partial charge in [0.05, 0.1) is 33.6 Å². The second-order valence-electron chi connectivity index (χ2n) is 9.66. The van der Waals surface area contributed by atoms with Crippen molar-refractivity contribution < 1.29 is 16.8 Å². The average molecular weight is 517 g/mol. The van der Waals surface area contributed by atoms with Crippen LogP contribution in [0.3, 0.4) is 0 Å². The van der Waals surface area contributed by atoms with E-state index < -0.39 is 19.7 Å². The van der Waals surface area contributed by atoms with Gasteiger partial charge in [-0.2, -0.15) is 0 Å². The van der Waals surface area contributed by atoms with Gasteiger partial charge in [0.15, 0.2) is 19.7 Å². The summed E-state index contributed by atoms with van der Waals surface area (Å²) in [4.78, 5) is 21.3. The number of hydrogen-bond acceptors (Lipinski definition) is 6. The fraction of sp³-hybridized carbons (Fsp3) is 0.417. The quantitative estimate of drug-likeness (QED) is 0.434. The van der Waals surface area contributed by atoms with Crippen LogP contribution in [-0.4, -0.2) is 48.4 Å². The Morgan fingerprint density at radius 3 is 2.31 bits per heavy atom. The van der Waals surface area contributed by atoms with Crippen molar-refractivity contribution in [3.05, 3.63) is 52.7 Å². The summed E-state index contributed by atoms with van der Waals surface area (Å²) in [7, 11) is -7.33. The molecule has 1 saturated carbocycles. The maximum Gasteiger partial charge on any atom is 0.329 e. The highest BCUT2D eigenvalue weighted by atomic mass is 32.2. The Morgan fingerprint density at radius 1 is 1.03 bits per heavy atom. The van der Waals surface area contributed by atoms with E-state index in [0.29, 0.717) is 22.6 Å². The third kappa shape index (κ3) is 4.20. The predicted molar refractivity (Wildman–Crippen MR) is 134 cm³/mol. The van der Waals surface area contributed by atoms with E-state index in [1.165, 1.54) is 12.1 Å². The second kappa shape index (κ2) is 8.34. The van der Waals surface area contributed by atoms with E-state index in [1.807, 2.05) is 10.6 Å². The van der Waals surface area contributed by atoms with Gasteiger partial charge >= 0.3 is 5.69 Å². The van der Waals surface area contributed by atoms with Crippen molar-refractivity contribution >= 4 is 41.7 Å². The fourth-order valence-electron chi connectivity index (χ4n) is 5.24. The zero-order chi connectivity index (χ0) is 25.1. The van der Waals surface area contributed by atoms with Gasteiger partial charge in [-0.25, -0.2) is 26.6 Å². The van der Waals surface area contributed by atoms with Crippen LogP contribution in [0.5, 0.6) is 0 Å². The lowest BCUT2D eigenvalue weighted by atomic mass is 9.85. The highest BCUT2D eigenvalue weighted by Crippen LogP contribution is 2.36. The lowest BCUT2D eigenvalue weighted by Crippen LogP contribution is -2.32. The molecule has 0 amide bonds. The number of nitrogens with zero attached hydrogens (tertiary/aromatic N) is 3. The van der Waals surface area contributed by atoms with Crippen molar-refractivity contribution in [1.82, 2.24) is 19.1 Å². The SMILES string of the molecule is C[C@@H]1CCCC[C@@H]1n1c(=O)n(Cc2cc(S(C)(=O)=O)cc(S(C)(=O)=O)c2)c2cnc3[nH]ccc3c21. The van der Waals surface area contributed by atoms with E-state index >= 15 is 0 Å². The first kappa shape index (κ1) is 23.8. The monoisotopic (exact) mass is 516 g/mol. The van der Waals surface area contributed by atoms with Gasteiger partial charge in [-0.1, -0.05) is 19.8 Å². The lowest BCUT2D eigenvalue weighted by molar-refractivity contribution is 0.256. The minimum atomic E-state index is -3.67. The Labute approximate surface area is 203 Å². The highest BCUT2D eigenvalue weighted by molar-refractivity contribution is 7.91. The number of imidazole rings is 1. The number of H-pyrrole nitrogens is 1. The van der Waals surface area contributed by atoms with Gasteiger partial charge in [-0.15, -0.1) is 0 Å². The van der Waals surface area contributed by atoms with Crippen LogP contribution in [-0.2, 0) is 26.2 Å². The average Bonchev–Trinajstić information content (AvgIpc) is 3.36. The minimum absolute atomic E-state index is 0.0208. The molecule has 1 aromatic carbocycles. The molecule has 0 radical (unpaired) electrons. The van der Waals surface area contributed by atoms with E-state index in [0.717, 1.165) is 55.2 Å². The number of pyridine rings is 1. The summed E-state index contributed by atoms with van der Waals surface area (Å²) in [6.07, 6.45) is 9.64. The van der Waals surface area contributed by atoms with Crippen LogP contribution in [0, 0.1) is 5.92 Å². The molecule has 186 valence electrons. The van der Waals surface area contributed by atoms with Gasteiger partial charge in [-0.05, 0) is 48.6 Å². The Morgan fingerprint density at radius 2 is 1.69 bits per heavy atom. The van der Waals surface area contributed by atoms with E-state index in [4.69, 9.17) is 0 Å². The van der Waals surface area contributed by atoms with Gasteiger partial charge in [0.2, 0.25) is 0 Å². The van der Waals surface area contributed by atoms with E-state index in [9.17, 15) is 21.6 Å². The molecule has 0 saturated heterocycles. The van der Waals surface area contributed by atoms with Crippen LogP contribution in [0.1, 0.15) is 44.2 Å². The molecule has 11 heteroatoms. The molecule has 2 atom stereocenters. The van der Waals surface area contributed by atoms with Crippen LogP contribution in [0.2, 0.25) is 0 Å². The van der Waals surface area contributed by atoms with Crippen molar-refractivity contribution in [1.29, 1.82) is 0 Å². The molecule has 1 aliphatic rings. The maximum atomic E-state index is 13.9. The number of nitrogens with one attached hydrogen (secondary N) is 1. The molecule has 1 N–H and O–H groups in total. The highest BCUT2D eigenvalue weighted by Gasteiger charge is 2.29. The molecule has 0 unspecified atom stereocenters. The molecule has 0 bridgehead atoms. The molecule has 1 fully saturated rings. The largest absolute Gasteiger partial charge is 0.346 e. The van der Waals surface area contributed by atoms with Gasteiger partial charge in [0.25, 0.3) is 0 Å². The normalized spacial score (nSPS) is 19.5. The van der Waals surface area contributed by atoms with Gasteiger partial charge in [0.1, 0.15) is 5.65 Å². The van der Waals surface area contributed by atoms with Crippen molar-refractivity contribution in [2.45, 2.75) is 55.0 Å². The molecule has 0 spiro atoms. The number of aromatic amines is 1. The molecule has 4 aromatic rings. The molecule has 35 heavy (non-hydrogen) atoms. The Balaban J connectivity index is 1.76. The smallest absolute Gasteiger partial charge is 0.329 e. The van der Waals surface area contributed by atoms with E-state index in [2.05, 4.69) is 16.9 Å². The first-order chi connectivity index (χ1) is 16.4. The van der Waals surface area contributed by atoms with Crippen molar-refractivity contribution in [2.75, 3.05) is 12.5 Å². The van der Waals surface area contributed by atoms with Crippen LogP contribution in [0.15, 0.2) is 51.2 Å². The molecular weight excluding hydrogens is 488 g/mol. The third-order valence-corrected chi connectivity index (χ3v) is 9.23. The summed E-state index contributed by atoms with van der Waals surface area (Å²) in [5.41, 5.74) is 2.32. The Bertz CT molecular complexity index is 1680. The maximum absolute atomic E-state index is 13.9. The zero-order valence-electron chi connectivity index (χ0n) is 19.9. The van der Waals surface area contributed by atoms with Crippen molar-refractivity contribution in [3.63, 3.8) is 0 Å². The molecule has 9 nitrogen and oxygen atoms in total. The number of sulfone groups is 2. The number of fused-ring (bicyclic) bond motifs is 3. The van der Waals surface area contributed by atoms with Crippen LogP contribution < -0.4 is 5.69 Å². The minimum Gasteiger partial charge on any atom is -0.346 e. The first-order valence-corrected chi connectivity index (χ1v) is 15.3. The molecule has 0 aliphatic heterocycles. The summed E-state index contributed by atoms with van der Waals surface area (Å²) in [6.45, 7) is 2.19. The first-order valence-electron chi connectivity index (χ1n) is 11.6. The van der Waals surface area contributed by atoms with Crippen LogP contribution in [0.25, 0.3) is 22.1 Å². The number of hydrogen-bond donors (Lipinski definition) is 1. The molecular formula is C24H28N4O5S2. The van der Waals surface area contributed by atoms with Crippen molar-refractivity contribution in [2.24, 2.45) is 5.92 Å². The standard InChI is InChI=1S/C24H28N4O5S2/c1-15-6-4-5-7-20(15)28-22-19-8-9-25-23(19)26-13-21(22)27(24(28)29)14-16-10-17(34(2,30)31)12-18(11-16)35(3,32)33/h8-13,15,20H,4-7,14H2,1-3H3,(H,25,26)/t15-,20+/m1/s1. The number of aromatic nitrogens is 4. The Hall–Kier alpha value is -2.92.